The van der Waals surface area contributed by atoms with Crippen molar-refractivity contribution in [2.24, 2.45) is 23.0 Å². The van der Waals surface area contributed by atoms with Gasteiger partial charge in [-0.15, -0.1) is 0 Å². The highest BCUT2D eigenvalue weighted by atomic mass is 16.5. The first kappa shape index (κ1) is 26.4. The van der Waals surface area contributed by atoms with Crippen LogP contribution in [0, 0.1) is 17.3 Å². The number of primary amides is 1. The van der Waals surface area contributed by atoms with Crippen LogP contribution in [-0.2, 0) is 16.0 Å². The minimum atomic E-state index is -0.974. The Bertz CT molecular complexity index is 1230. The number of unbranched alkanes of at least 4 members (excludes halogenated alkanes) is 1. The highest BCUT2D eigenvalue weighted by Gasteiger charge is 2.55. The Kier molecular flexibility index (Phi) is 7.27. The van der Waals surface area contributed by atoms with Gasteiger partial charge < -0.3 is 31.1 Å². The van der Waals surface area contributed by atoms with E-state index >= 15 is 0 Å². The lowest BCUT2D eigenvalue weighted by atomic mass is 9.55. The molecule has 2 aromatic carbocycles. The number of phenolic OH excluding ortho intramolecular Hbond substituents is 1. The molecule has 3 aliphatic carbocycles. The summed E-state index contributed by atoms with van der Waals surface area (Å²) in [4.78, 5) is 23.8. The van der Waals surface area contributed by atoms with Gasteiger partial charge in [0.15, 0.2) is 5.75 Å². The lowest BCUT2D eigenvalue weighted by molar-refractivity contribution is -0.116. The largest absolute Gasteiger partial charge is 0.508 e. The Morgan fingerprint density at radius 2 is 1.89 bits per heavy atom. The van der Waals surface area contributed by atoms with Gasteiger partial charge in [-0.25, -0.2) is 0 Å². The van der Waals surface area contributed by atoms with Crippen LogP contribution in [0.3, 0.4) is 0 Å². The van der Waals surface area contributed by atoms with Crippen LogP contribution in [0.25, 0.3) is 0 Å². The number of amides is 2. The van der Waals surface area contributed by atoms with Crippen molar-refractivity contribution in [3.8, 4) is 17.2 Å². The molecule has 0 radical (unpaired) electrons. The van der Waals surface area contributed by atoms with E-state index in [4.69, 9.17) is 10.5 Å². The minimum Gasteiger partial charge on any atom is -0.508 e. The normalized spacial score (nSPS) is 27.7. The van der Waals surface area contributed by atoms with Gasteiger partial charge in [0.2, 0.25) is 5.91 Å². The third-order valence-electron chi connectivity index (χ3n) is 9.42. The van der Waals surface area contributed by atoms with E-state index in [1.165, 1.54) is 36.1 Å². The fourth-order valence-electron chi connectivity index (χ4n) is 7.54. The number of phenols is 3. The summed E-state index contributed by atoms with van der Waals surface area (Å²) in [5.41, 5.74) is 7.76. The number of aryl methyl sites for hydroxylation is 1. The van der Waals surface area contributed by atoms with Crippen molar-refractivity contribution in [3.63, 3.8) is 0 Å². The van der Waals surface area contributed by atoms with E-state index in [-0.39, 0.29) is 29.5 Å². The highest BCUT2D eigenvalue weighted by Crippen LogP contribution is 2.61. The number of carbonyl (C=O) groups is 2. The molecule has 0 aromatic heterocycles. The summed E-state index contributed by atoms with van der Waals surface area (Å²) in [6, 6.07) is 8.47. The summed E-state index contributed by atoms with van der Waals surface area (Å²) in [5.74, 6) is 0.0446. The van der Waals surface area contributed by atoms with E-state index in [0.29, 0.717) is 36.5 Å². The Morgan fingerprint density at radius 3 is 2.68 bits per heavy atom. The molecule has 2 aromatic rings. The third-order valence-corrected chi connectivity index (χ3v) is 9.42. The number of hydrogen-bond donors (Lipinski definition) is 5. The predicted molar refractivity (Wildman–Crippen MR) is 143 cm³/mol. The number of hydrogen-bond acceptors (Lipinski definition) is 6. The second-order valence-electron chi connectivity index (χ2n) is 11.5. The number of rotatable bonds is 8. The van der Waals surface area contributed by atoms with Crippen molar-refractivity contribution in [2.45, 2.75) is 76.7 Å². The second kappa shape index (κ2) is 10.5. The zero-order chi connectivity index (χ0) is 27.0. The first-order chi connectivity index (χ1) is 18.2. The lowest BCUT2D eigenvalue weighted by Gasteiger charge is -2.50. The summed E-state index contributed by atoms with van der Waals surface area (Å²) in [6.07, 6.45) is 8.68. The van der Waals surface area contributed by atoms with E-state index in [1.807, 2.05) is 12.1 Å². The average molecular weight is 523 g/mol. The van der Waals surface area contributed by atoms with Crippen LogP contribution in [-0.4, -0.2) is 39.8 Å². The molecule has 3 aliphatic rings. The highest BCUT2D eigenvalue weighted by molar-refractivity contribution is 6.02. The maximum Gasteiger partial charge on any atom is 0.256 e. The number of nitrogens with one attached hydrogen (secondary N) is 1. The molecule has 204 valence electrons. The Hall–Kier alpha value is -3.26. The smallest absolute Gasteiger partial charge is 0.256 e. The van der Waals surface area contributed by atoms with Crippen molar-refractivity contribution in [2.75, 3.05) is 11.9 Å². The monoisotopic (exact) mass is 522 g/mol. The van der Waals surface area contributed by atoms with Crippen molar-refractivity contribution in [1.29, 1.82) is 0 Å². The van der Waals surface area contributed by atoms with Crippen LogP contribution in [0.1, 0.15) is 85.7 Å². The van der Waals surface area contributed by atoms with Gasteiger partial charge in [0.25, 0.3) is 5.91 Å². The molecule has 2 saturated carbocycles. The molecule has 8 nitrogen and oxygen atoms in total. The van der Waals surface area contributed by atoms with Crippen LogP contribution in [0.4, 0.5) is 5.69 Å². The van der Waals surface area contributed by atoms with E-state index in [0.717, 1.165) is 32.1 Å². The number of anilines is 1. The maximum absolute atomic E-state index is 12.4. The van der Waals surface area contributed by atoms with E-state index in [9.17, 15) is 24.9 Å². The Balaban J connectivity index is 1.10. The molecule has 2 fully saturated rings. The zero-order valence-corrected chi connectivity index (χ0v) is 21.9. The molecule has 0 saturated heterocycles. The van der Waals surface area contributed by atoms with Crippen LogP contribution in [0.2, 0.25) is 0 Å². The number of ether oxygens (including phenoxy) is 1. The predicted octanol–water partition coefficient (Wildman–Crippen LogP) is 4.95. The molecule has 2 amide bonds. The quantitative estimate of drug-likeness (QED) is 0.189. The standard InChI is InChI=1S/C30H38N2O6/c1-30-14-13-20-19-8-6-18(33)16-17(19)5-7-21(20)22(30)9-12-25(30)38-15-3-2-4-26(35)32-23-10-11-24(34)27(28(23)36)29(31)37/h6,8,10-11,16,20-22,25,33-34,36H,2-5,7,9,12-15H2,1H3,(H2,31,37)(H,32,35)/t20?,21?,22?,25-,30?/m0/s1. The molecule has 0 spiro atoms. The molecular formula is C30H38N2O6. The van der Waals surface area contributed by atoms with Gasteiger partial charge >= 0.3 is 0 Å². The third kappa shape index (κ3) is 4.82. The lowest BCUT2D eigenvalue weighted by Crippen LogP contribution is -2.44. The SMILES string of the molecule is CC12CCC3c4ccc(O)cc4CCC3C1CC[C@@H]2OCCCCC(=O)Nc1ccc(O)c(C(N)=O)c1O. The van der Waals surface area contributed by atoms with Crippen LogP contribution < -0.4 is 11.1 Å². The van der Waals surface area contributed by atoms with Crippen LogP contribution in [0.15, 0.2) is 30.3 Å². The number of fused-ring (bicyclic) bond motifs is 5. The topological polar surface area (TPSA) is 142 Å². The van der Waals surface area contributed by atoms with Gasteiger partial charge in [0.1, 0.15) is 17.1 Å². The van der Waals surface area contributed by atoms with Crippen molar-refractivity contribution in [3.05, 3.63) is 47.0 Å². The Labute approximate surface area is 223 Å². The van der Waals surface area contributed by atoms with E-state index < -0.39 is 23.0 Å². The van der Waals surface area contributed by atoms with Gasteiger partial charge in [-0.3, -0.25) is 9.59 Å². The molecule has 5 rings (SSSR count). The summed E-state index contributed by atoms with van der Waals surface area (Å²) < 4.78 is 6.43. The van der Waals surface area contributed by atoms with Gasteiger partial charge in [-0.1, -0.05) is 13.0 Å². The van der Waals surface area contributed by atoms with Gasteiger partial charge in [-0.05, 0) is 110 Å². The molecule has 6 N–H and O–H groups in total. The number of aromatic hydroxyl groups is 3. The summed E-state index contributed by atoms with van der Waals surface area (Å²) >= 11 is 0. The molecule has 0 heterocycles. The van der Waals surface area contributed by atoms with E-state index in [2.05, 4.69) is 18.3 Å². The fourth-order valence-corrected chi connectivity index (χ4v) is 7.54. The fraction of sp³-hybridized carbons (Fsp3) is 0.533. The molecule has 0 aliphatic heterocycles. The first-order valence-electron chi connectivity index (χ1n) is 13.8. The average Bonchev–Trinajstić information content (AvgIpc) is 3.21. The van der Waals surface area contributed by atoms with Crippen molar-refractivity contribution < 1.29 is 29.6 Å². The van der Waals surface area contributed by atoms with Gasteiger partial charge in [-0.2, -0.15) is 0 Å². The second-order valence-corrected chi connectivity index (χ2v) is 11.5. The van der Waals surface area contributed by atoms with Gasteiger partial charge in [0.05, 0.1) is 11.8 Å². The molecule has 0 bridgehead atoms. The molecule has 5 atom stereocenters. The van der Waals surface area contributed by atoms with Crippen molar-refractivity contribution >= 4 is 17.5 Å². The Morgan fingerprint density at radius 1 is 1.08 bits per heavy atom. The first-order valence-corrected chi connectivity index (χ1v) is 13.8. The number of nitrogens with two attached hydrogens (primary N) is 1. The summed E-state index contributed by atoms with van der Waals surface area (Å²) in [5, 5.41) is 32.4. The summed E-state index contributed by atoms with van der Waals surface area (Å²) in [6.45, 7) is 3.02. The van der Waals surface area contributed by atoms with Gasteiger partial charge in [0, 0.05) is 13.0 Å². The molecular weight excluding hydrogens is 484 g/mol. The van der Waals surface area contributed by atoms with Crippen LogP contribution in [0.5, 0.6) is 17.2 Å². The van der Waals surface area contributed by atoms with E-state index in [1.54, 1.807) is 0 Å². The summed E-state index contributed by atoms with van der Waals surface area (Å²) in [7, 11) is 0. The minimum absolute atomic E-state index is 0.0421. The maximum atomic E-state index is 12.4. The number of benzene rings is 2. The zero-order valence-electron chi connectivity index (χ0n) is 21.9. The van der Waals surface area contributed by atoms with Crippen molar-refractivity contribution in [1.82, 2.24) is 0 Å². The molecule has 4 unspecified atom stereocenters. The van der Waals surface area contributed by atoms with Crippen LogP contribution >= 0.6 is 0 Å². The number of carbonyl (C=O) groups excluding carboxylic acids is 2. The molecule has 38 heavy (non-hydrogen) atoms. The molecule has 8 heteroatoms.